The molecule has 0 saturated carbocycles. The summed E-state index contributed by atoms with van der Waals surface area (Å²) in [7, 11) is 0. The fourth-order valence-corrected chi connectivity index (χ4v) is 2.59. The zero-order valence-corrected chi connectivity index (χ0v) is 13.6. The van der Waals surface area contributed by atoms with Crippen molar-refractivity contribution in [1.29, 1.82) is 0 Å². The van der Waals surface area contributed by atoms with Gasteiger partial charge in [-0.3, -0.25) is 4.68 Å². The van der Waals surface area contributed by atoms with E-state index in [0.29, 0.717) is 13.1 Å². The van der Waals surface area contributed by atoms with E-state index in [4.69, 9.17) is 0 Å². The second-order valence-electron chi connectivity index (χ2n) is 5.84. The van der Waals surface area contributed by atoms with Crippen molar-refractivity contribution in [3.63, 3.8) is 0 Å². The molecule has 0 saturated heterocycles. The maximum Gasteiger partial charge on any atom is 0.131 e. The van der Waals surface area contributed by atoms with Crippen molar-refractivity contribution < 1.29 is 13.9 Å². The smallest absolute Gasteiger partial charge is 0.131 e. The van der Waals surface area contributed by atoms with Crippen molar-refractivity contribution in [2.45, 2.75) is 19.2 Å². The highest BCUT2D eigenvalue weighted by atomic mass is 19.1. The molecular formula is C19H19F2N3O. The van der Waals surface area contributed by atoms with E-state index in [1.807, 2.05) is 41.2 Å². The molecule has 3 rings (SSSR count). The molecule has 0 aliphatic rings. The molecule has 2 aromatic carbocycles. The lowest BCUT2D eigenvalue weighted by atomic mass is 10.1. The standard InChI is InChI=1S/C19H19F2N3O/c20-16-6-7-17(18(21)8-16)19(25)11-22-9-15-10-23-24(13-15)12-14-4-2-1-3-5-14/h1-8,10,13,19,22,25H,9,11-12H2. The second kappa shape index (κ2) is 8.00. The van der Waals surface area contributed by atoms with Crippen molar-refractivity contribution in [3.8, 4) is 0 Å². The molecule has 0 amide bonds. The number of halogens is 2. The molecule has 0 spiro atoms. The van der Waals surface area contributed by atoms with Crippen LogP contribution in [0.2, 0.25) is 0 Å². The number of aliphatic hydroxyl groups is 1. The fraction of sp³-hybridized carbons (Fsp3) is 0.211. The van der Waals surface area contributed by atoms with Crippen LogP contribution in [0.3, 0.4) is 0 Å². The van der Waals surface area contributed by atoms with Gasteiger partial charge in [0.15, 0.2) is 0 Å². The van der Waals surface area contributed by atoms with Gasteiger partial charge in [-0.25, -0.2) is 8.78 Å². The summed E-state index contributed by atoms with van der Waals surface area (Å²) in [5.74, 6) is -1.41. The Morgan fingerprint density at radius 2 is 1.88 bits per heavy atom. The Kier molecular flexibility index (Phi) is 5.53. The first-order valence-corrected chi connectivity index (χ1v) is 8.01. The molecule has 0 bridgehead atoms. The molecule has 0 aliphatic carbocycles. The molecule has 2 N–H and O–H groups in total. The molecule has 0 fully saturated rings. The van der Waals surface area contributed by atoms with Gasteiger partial charge in [0, 0.05) is 36.5 Å². The average Bonchev–Trinajstić information content (AvgIpc) is 3.03. The normalized spacial score (nSPS) is 12.3. The Labute approximate surface area is 144 Å². The minimum atomic E-state index is -1.04. The van der Waals surface area contributed by atoms with Crippen molar-refractivity contribution in [2.75, 3.05) is 6.54 Å². The molecule has 1 heterocycles. The molecule has 1 unspecified atom stereocenters. The molecule has 0 aliphatic heterocycles. The van der Waals surface area contributed by atoms with Gasteiger partial charge in [-0.2, -0.15) is 5.10 Å². The van der Waals surface area contributed by atoms with Gasteiger partial charge < -0.3 is 10.4 Å². The molecule has 25 heavy (non-hydrogen) atoms. The first-order valence-electron chi connectivity index (χ1n) is 8.01. The first-order chi connectivity index (χ1) is 12.1. The third-order valence-corrected chi connectivity index (χ3v) is 3.86. The maximum atomic E-state index is 13.6. The Hall–Kier alpha value is -2.57. The maximum absolute atomic E-state index is 13.6. The predicted molar refractivity (Wildman–Crippen MR) is 90.8 cm³/mol. The van der Waals surface area contributed by atoms with Crippen LogP contribution < -0.4 is 5.32 Å². The summed E-state index contributed by atoms with van der Waals surface area (Å²) in [6.45, 7) is 1.34. The summed E-state index contributed by atoms with van der Waals surface area (Å²) in [6, 6.07) is 13.2. The molecule has 130 valence electrons. The number of rotatable bonds is 7. The lowest BCUT2D eigenvalue weighted by Crippen LogP contribution is -2.21. The number of benzene rings is 2. The topological polar surface area (TPSA) is 50.1 Å². The lowest BCUT2D eigenvalue weighted by Gasteiger charge is -2.12. The Morgan fingerprint density at radius 1 is 1.08 bits per heavy atom. The van der Waals surface area contributed by atoms with Gasteiger partial charge in [-0.1, -0.05) is 36.4 Å². The molecule has 4 nitrogen and oxygen atoms in total. The van der Waals surface area contributed by atoms with Gasteiger partial charge >= 0.3 is 0 Å². The van der Waals surface area contributed by atoms with Crippen LogP contribution in [0.4, 0.5) is 8.78 Å². The van der Waals surface area contributed by atoms with E-state index in [-0.39, 0.29) is 12.1 Å². The summed E-state index contributed by atoms with van der Waals surface area (Å²) in [5.41, 5.74) is 2.20. The zero-order chi connectivity index (χ0) is 17.6. The number of aliphatic hydroxyl groups excluding tert-OH is 1. The number of nitrogens with zero attached hydrogens (tertiary/aromatic N) is 2. The van der Waals surface area contributed by atoms with E-state index in [1.54, 1.807) is 6.20 Å². The summed E-state index contributed by atoms with van der Waals surface area (Å²) in [4.78, 5) is 0. The van der Waals surface area contributed by atoms with E-state index in [0.717, 1.165) is 23.3 Å². The van der Waals surface area contributed by atoms with Crippen molar-refractivity contribution in [1.82, 2.24) is 15.1 Å². The van der Waals surface area contributed by atoms with Crippen molar-refractivity contribution >= 4 is 0 Å². The SMILES string of the molecule is OC(CNCc1cnn(Cc2ccccc2)c1)c1ccc(F)cc1F. The van der Waals surface area contributed by atoms with E-state index in [1.165, 1.54) is 6.07 Å². The number of hydrogen-bond donors (Lipinski definition) is 2. The van der Waals surface area contributed by atoms with E-state index in [9.17, 15) is 13.9 Å². The third-order valence-electron chi connectivity index (χ3n) is 3.86. The van der Waals surface area contributed by atoms with Gasteiger partial charge in [0.1, 0.15) is 11.6 Å². The number of aromatic nitrogens is 2. The van der Waals surface area contributed by atoms with Gasteiger partial charge in [0.2, 0.25) is 0 Å². The van der Waals surface area contributed by atoms with Crippen LogP contribution in [-0.2, 0) is 13.1 Å². The second-order valence-corrected chi connectivity index (χ2v) is 5.84. The van der Waals surface area contributed by atoms with Crippen LogP contribution in [-0.4, -0.2) is 21.4 Å². The van der Waals surface area contributed by atoms with Crippen LogP contribution in [0, 0.1) is 11.6 Å². The van der Waals surface area contributed by atoms with Crippen LogP contribution in [0.25, 0.3) is 0 Å². The van der Waals surface area contributed by atoms with Crippen LogP contribution >= 0.6 is 0 Å². The van der Waals surface area contributed by atoms with Gasteiger partial charge in [-0.05, 0) is 11.6 Å². The minimum Gasteiger partial charge on any atom is -0.387 e. The quantitative estimate of drug-likeness (QED) is 0.693. The summed E-state index contributed by atoms with van der Waals surface area (Å²) in [5, 5.41) is 17.4. The molecule has 6 heteroatoms. The average molecular weight is 343 g/mol. The highest BCUT2D eigenvalue weighted by Gasteiger charge is 2.13. The third kappa shape index (κ3) is 4.71. The highest BCUT2D eigenvalue weighted by Crippen LogP contribution is 2.17. The van der Waals surface area contributed by atoms with Crippen molar-refractivity contribution in [2.24, 2.45) is 0 Å². The Morgan fingerprint density at radius 3 is 2.64 bits per heavy atom. The van der Waals surface area contributed by atoms with E-state index < -0.39 is 17.7 Å². The monoisotopic (exact) mass is 343 g/mol. The number of nitrogens with one attached hydrogen (secondary N) is 1. The minimum absolute atomic E-state index is 0.0775. The van der Waals surface area contributed by atoms with Crippen LogP contribution in [0.1, 0.15) is 22.8 Å². The summed E-state index contributed by atoms with van der Waals surface area (Å²) >= 11 is 0. The Balaban J connectivity index is 1.50. The van der Waals surface area contributed by atoms with Gasteiger partial charge in [-0.15, -0.1) is 0 Å². The zero-order valence-electron chi connectivity index (χ0n) is 13.6. The highest BCUT2D eigenvalue weighted by molar-refractivity contribution is 5.21. The summed E-state index contributed by atoms with van der Waals surface area (Å²) < 4.78 is 28.4. The lowest BCUT2D eigenvalue weighted by molar-refractivity contribution is 0.169. The first kappa shape index (κ1) is 17.3. The fourth-order valence-electron chi connectivity index (χ4n) is 2.59. The van der Waals surface area contributed by atoms with Crippen molar-refractivity contribution in [3.05, 3.63) is 89.2 Å². The van der Waals surface area contributed by atoms with Gasteiger partial charge in [0.25, 0.3) is 0 Å². The molecule has 3 aromatic rings. The number of hydrogen-bond acceptors (Lipinski definition) is 3. The predicted octanol–water partition coefficient (Wildman–Crippen LogP) is 3.03. The Bertz CT molecular complexity index is 821. The van der Waals surface area contributed by atoms with Gasteiger partial charge in [0.05, 0.1) is 18.8 Å². The summed E-state index contributed by atoms with van der Waals surface area (Å²) in [6.07, 6.45) is 2.63. The molecule has 0 radical (unpaired) electrons. The van der Waals surface area contributed by atoms with E-state index >= 15 is 0 Å². The van der Waals surface area contributed by atoms with Crippen LogP contribution in [0.5, 0.6) is 0 Å². The van der Waals surface area contributed by atoms with E-state index in [2.05, 4.69) is 10.4 Å². The molecule has 1 atom stereocenters. The van der Waals surface area contributed by atoms with Crippen LogP contribution in [0.15, 0.2) is 60.9 Å². The molecular weight excluding hydrogens is 324 g/mol. The largest absolute Gasteiger partial charge is 0.387 e. The molecule has 1 aromatic heterocycles.